The zero-order valence-electron chi connectivity index (χ0n) is 18.3. The third-order valence-corrected chi connectivity index (χ3v) is 7.35. The monoisotopic (exact) mass is 425 g/mol. The molecule has 1 atom stereocenters. The summed E-state index contributed by atoms with van der Waals surface area (Å²) in [5.74, 6) is 0.378. The molecule has 1 heterocycles. The highest BCUT2D eigenvalue weighted by Crippen LogP contribution is 2.61. The molecule has 0 aliphatic heterocycles. The van der Waals surface area contributed by atoms with Crippen LogP contribution in [0.4, 0.5) is 5.69 Å². The minimum Gasteiger partial charge on any atom is -0.504 e. The van der Waals surface area contributed by atoms with Crippen molar-refractivity contribution in [2.24, 2.45) is 7.05 Å². The summed E-state index contributed by atoms with van der Waals surface area (Å²) in [6.07, 6.45) is 0. The van der Waals surface area contributed by atoms with Gasteiger partial charge in [0.1, 0.15) is 5.66 Å². The highest BCUT2D eigenvalue weighted by Gasteiger charge is 2.37. The Bertz CT molecular complexity index is 887. The van der Waals surface area contributed by atoms with E-state index in [9.17, 15) is 9.67 Å². The van der Waals surface area contributed by atoms with Crippen molar-refractivity contribution in [1.29, 1.82) is 0 Å². The van der Waals surface area contributed by atoms with Crippen LogP contribution in [-0.4, -0.2) is 41.8 Å². The number of methoxy groups -OCH3 is 1. The van der Waals surface area contributed by atoms with Gasteiger partial charge in [0, 0.05) is 13.6 Å². The van der Waals surface area contributed by atoms with E-state index >= 15 is 0 Å². The number of hydrogen-bond donors (Lipinski definition) is 2. The number of ether oxygens (including phenoxy) is 1. The number of aromatic hydroxyl groups is 1. The fourth-order valence-corrected chi connectivity index (χ4v) is 5.32. The number of aryl methyl sites for hydroxylation is 3. The first-order chi connectivity index (χ1) is 13.7. The van der Waals surface area contributed by atoms with Crippen LogP contribution in [0.1, 0.15) is 42.0 Å². The van der Waals surface area contributed by atoms with Gasteiger partial charge in [-0.2, -0.15) is 5.10 Å². The standard InChI is InChI=1S/C20H32N3O5P/c1-8-27-29(25,28-9-2)18(12-21-19-14(4)22-23(6)15(19)5)16-10-13(3)20(24)17(11-16)26-7/h10-11,18,21,24H,8-9,12H2,1-7H3. The number of aromatic nitrogens is 2. The molecule has 0 spiro atoms. The minimum absolute atomic E-state index is 0.0598. The van der Waals surface area contributed by atoms with Crippen molar-refractivity contribution in [3.05, 3.63) is 34.6 Å². The number of phenols is 1. The predicted molar refractivity (Wildman–Crippen MR) is 114 cm³/mol. The van der Waals surface area contributed by atoms with E-state index in [1.807, 2.05) is 20.9 Å². The second kappa shape index (κ2) is 9.65. The summed E-state index contributed by atoms with van der Waals surface area (Å²) in [6.45, 7) is 10.0. The molecule has 0 amide bonds. The Kier molecular flexibility index (Phi) is 7.74. The zero-order chi connectivity index (χ0) is 21.8. The van der Waals surface area contributed by atoms with E-state index < -0.39 is 13.3 Å². The summed E-state index contributed by atoms with van der Waals surface area (Å²) in [5.41, 5.74) is 3.44. The summed E-state index contributed by atoms with van der Waals surface area (Å²) >= 11 is 0. The number of nitrogens with zero attached hydrogens (tertiary/aromatic N) is 2. The largest absolute Gasteiger partial charge is 0.504 e. The number of benzene rings is 1. The smallest absolute Gasteiger partial charge is 0.339 e. The highest BCUT2D eigenvalue weighted by molar-refractivity contribution is 7.54. The maximum absolute atomic E-state index is 13.7. The first-order valence-electron chi connectivity index (χ1n) is 9.68. The molecule has 2 rings (SSSR count). The molecule has 0 radical (unpaired) electrons. The van der Waals surface area contributed by atoms with Gasteiger partial charge in [0.05, 0.1) is 37.4 Å². The van der Waals surface area contributed by atoms with Gasteiger partial charge in [-0.05, 0) is 51.8 Å². The molecule has 29 heavy (non-hydrogen) atoms. The second-order valence-corrected chi connectivity index (χ2v) is 9.05. The van der Waals surface area contributed by atoms with Gasteiger partial charge in [0.25, 0.3) is 0 Å². The van der Waals surface area contributed by atoms with Crippen LogP contribution in [0.25, 0.3) is 0 Å². The fourth-order valence-electron chi connectivity index (χ4n) is 3.34. The Balaban J connectivity index is 2.51. The molecule has 162 valence electrons. The number of phenolic OH excluding ortho intramolecular Hbond substituents is 1. The fraction of sp³-hybridized carbons (Fsp3) is 0.550. The third-order valence-electron chi connectivity index (χ3n) is 4.87. The summed E-state index contributed by atoms with van der Waals surface area (Å²) in [5, 5.41) is 18.0. The Morgan fingerprint density at radius 3 is 2.31 bits per heavy atom. The molecule has 0 saturated carbocycles. The topological polar surface area (TPSA) is 94.8 Å². The lowest BCUT2D eigenvalue weighted by Gasteiger charge is -2.28. The van der Waals surface area contributed by atoms with Crippen molar-refractivity contribution >= 4 is 13.3 Å². The van der Waals surface area contributed by atoms with E-state index in [1.54, 1.807) is 37.6 Å². The molecule has 0 saturated heterocycles. The number of rotatable bonds is 10. The van der Waals surface area contributed by atoms with Crippen molar-refractivity contribution in [3.8, 4) is 11.5 Å². The van der Waals surface area contributed by atoms with Gasteiger partial charge in [-0.25, -0.2) is 0 Å². The normalized spacial score (nSPS) is 12.8. The van der Waals surface area contributed by atoms with Crippen molar-refractivity contribution in [2.75, 3.05) is 32.2 Å². The van der Waals surface area contributed by atoms with Crippen molar-refractivity contribution < 1.29 is 23.5 Å². The maximum atomic E-state index is 13.7. The van der Waals surface area contributed by atoms with Crippen LogP contribution in [0, 0.1) is 20.8 Å². The summed E-state index contributed by atoms with van der Waals surface area (Å²) in [4.78, 5) is 0. The molecule has 0 aliphatic carbocycles. The lowest BCUT2D eigenvalue weighted by molar-refractivity contribution is 0.213. The molecule has 0 aliphatic rings. The van der Waals surface area contributed by atoms with E-state index in [4.69, 9.17) is 13.8 Å². The van der Waals surface area contributed by atoms with E-state index in [0.29, 0.717) is 23.4 Å². The average Bonchev–Trinajstić information content (AvgIpc) is 2.90. The summed E-state index contributed by atoms with van der Waals surface area (Å²) < 4.78 is 32.1. The van der Waals surface area contributed by atoms with E-state index in [2.05, 4.69) is 10.4 Å². The molecule has 1 aromatic heterocycles. The first kappa shape index (κ1) is 23.3. The van der Waals surface area contributed by atoms with Gasteiger partial charge in [0.2, 0.25) is 0 Å². The Hall–Kier alpha value is -2.02. The molecule has 1 unspecified atom stereocenters. The predicted octanol–water partition coefficient (Wildman–Crippen LogP) is 4.48. The van der Waals surface area contributed by atoms with Gasteiger partial charge in [0.15, 0.2) is 11.5 Å². The number of hydrogen-bond acceptors (Lipinski definition) is 7. The molecule has 1 aromatic carbocycles. The zero-order valence-corrected chi connectivity index (χ0v) is 19.2. The van der Waals surface area contributed by atoms with Crippen LogP contribution >= 0.6 is 7.60 Å². The van der Waals surface area contributed by atoms with Gasteiger partial charge < -0.3 is 24.2 Å². The van der Waals surface area contributed by atoms with E-state index in [0.717, 1.165) is 17.1 Å². The van der Waals surface area contributed by atoms with Crippen LogP contribution < -0.4 is 10.1 Å². The second-order valence-electron chi connectivity index (χ2n) is 6.83. The molecule has 2 aromatic rings. The van der Waals surface area contributed by atoms with E-state index in [1.165, 1.54) is 7.11 Å². The van der Waals surface area contributed by atoms with Crippen molar-refractivity contribution in [3.63, 3.8) is 0 Å². The highest BCUT2D eigenvalue weighted by atomic mass is 31.2. The first-order valence-corrected chi connectivity index (χ1v) is 11.3. The van der Waals surface area contributed by atoms with Gasteiger partial charge in [-0.3, -0.25) is 9.25 Å². The Labute approximate surface area is 172 Å². The van der Waals surface area contributed by atoms with Crippen LogP contribution in [-0.2, 0) is 20.7 Å². The molecular formula is C20H32N3O5P. The number of anilines is 1. The van der Waals surface area contributed by atoms with Crippen molar-refractivity contribution in [1.82, 2.24) is 9.78 Å². The molecule has 0 bridgehead atoms. The van der Waals surface area contributed by atoms with Crippen LogP contribution in [0.3, 0.4) is 0 Å². The molecule has 8 nitrogen and oxygen atoms in total. The third kappa shape index (κ3) is 4.94. The number of nitrogens with one attached hydrogen (secondary N) is 1. The Morgan fingerprint density at radius 1 is 1.21 bits per heavy atom. The van der Waals surface area contributed by atoms with Gasteiger partial charge in [-0.15, -0.1) is 0 Å². The maximum Gasteiger partial charge on any atom is 0.339 e. The lowest BCUT2D eigenvalue weighted by atomic mass is 10.1. The van der Waals surface area contributed by atoms with Gasteiger partial charge >= 0.3 is 7.60 Å². The molecule has 2 N–H and O–H groups in total. The van der Waals surface area contributed by atoms with Crippen LogP contribution in [0.5, 0.6) is 11.5 Å². The van der Waals surface area contributed by atoms with E-state index in [-0.39, 0.29) is 19.0 Å². The summed E-state index contributed by atoms with van der Waals surface area (Å²) in [7, 11) is -0.140. The summed E-state index contributed by atoms with van der Waals surface area (Å²) in [6, 6.07) is 3.47. The molecule has 9 heteroatoms. The quantitative estimate of drug-likeness (QED) is 0.542. The van der Waals surface area contributed by atoms with Crippen LogP contribution in [0.15, 0.2) is 12.1 Å². The average molecular weight is 425 g/mol. The Morgan fingerprint density at radius 2 is 1.83 bits per heavy atom. The lowest BCUT2D eigenvalue weighted by Crippen LogP contribution is -2.17. The van der Waals surface area contributed by atoms with Gasteiger partial charge in [-0.1, -0.05) is 6.07 Å². The SMILES string of the molecule is CCOP(=O)(OCC)C(CNc1c(C)nn(C)c1C)c1cc(C)c(O)c(OC)c1. The molecular weight excluding hydrogens is 393 g/mol. The molecule has 0 fully saturated rings. The van der Waals surface area contributed by atoms with Crippen molar-refractivity contribution in [2.45, 2.75) is 40.3 Å². The minimum atomic E-state index is -3.50. The van der Waals surface area contributed by atoms with Crippen LogP contribution in [0.2, 0.25) is 0 Å².